The molecule has 0 atom stereocenters. The molecule has 0 bridgehead atoms. The minimum absolute atomic E-state index is 0.209. The highest BCUT2D eigenvalue weighted by molar-refractivity contribution is 6.35. The first-order valence-corrected chi connectivity index (χ1v) is 5.29. The lowest BCUT2D eigenvalue weighted by atomic mass is 10.0. The lowest BCUT2D eigenvalue weighted by Crippen LogP contribution is -2.14. The van der Waals surface area contributed by atoms with Gasteiger partial charge in [-0.15, -0.1) is 0 Å². The fourth-order valence-electron chi connectivity index (χ4n) is 1.76. The molecule has 2 rings (SSSR count). The first kappa shape index (κ1) is 10.9. The zero-order chi connectivity index (χ0) is 11.7. The third-order valence-corrected chi connectivity index (χ3v) is 2.67. The Morgan fingerprint density at radius 2 is 2.25 bits per heavy atom. The largest absolute Gasteiger partial charge is 0.369 e. The molecule has 0 unspecified atom stereocenters. The fourth-order valence-corrected chi connectivity index (χ4v) is 1.98. The summed E-state index contributed by atoms with van der Waals surface area (Å²) in [5.41, 5.74) is 7.64. The van der Waals surface area contributed by atoms with E-state index in [9.17, 15) is 4.79 Å². The van der Waals surface area contributed by atoms with Gasteiger partial charge in [0.25, 0.3) is 0 Å². The summed E-state index contributed by atoms with van der Waals surface area (Å²) in [6.45, 7) is 1.87. The number of benzene rings is 1. The van der Waals surface area contributed by atoms with E-state index in [1.807, 2.05) is 25.1 Å². The molecule has 2 N–H and O–H groups in total. The maximum atomic E-state index is 11.0. The highest BCUT2D eigenvalue weighted by Gasteiger charge is 2.08. The standard InChI is InChI=1S/C12H11ClN2O/c1-7-5-8(6-11(14)16)9-3-2-4-10(13)12(9)15-7/h2-5H,6H2,1H3,(H2,14,16). The van der Waals surface area contributed by atoms with Gasteiger partial charge in [-0.3, -0.25) is 9.78 Å². The van der Waals surface area contributed by atoms with Crippen LogP contribution in [-0.4, -0.2) is 10.9 Å². The zero-order valence-corrected chi connectivity index (χ0v) is 9.58. The van der Waals surface area contributed by atoms with Crippen molar-refractivity contribution in [3.63, 3.8) is 0 Å². The number of primary amides is 1. The SMILES string of the molecule is Cc1cc(CC(N)=O)c2cccc(Cl)c2n1. The van der Waals surface area contributed by atoms with Gasteiger partial charge in [0.15, 0.2) is 0 Å². The minimum atomic E-state index is -0.355. The van der Waals surface area contributed by atoms with Crippen molar-refractivity contribution in [2.24, 2.45) is 5.73 Å². The van der Waals surface area contributed by atoms with Gasteiger partial charge in [0.05, 0.1) is 17.0 Å². The van der Waals surface area contributed by atoms with Crippen LogP contribution in [0.3, 0.4) is 0 Å². The molecule has 2 aromatic rings. The molecule has 3 nitrogen and oxygen atoms in total. The van der Waals surface area contributed by atoms with Crippen molar-refractivity contribution in [1.29, 1.82) is 0 Å². The molecule has 1 amide bonds. The number of aromatic nitrogens is 1. The highest BCUT2D eigenvalue weighted by atomic mass is 35.5. The number of carbonyl (C=O) groups excluding carboxylic acids is 1. The number of nitrogens with two attached hydrogens (primary N) is 1. The molecule has 0 saturated heterocycles. The third-order valence-electron chi connectivity index (χ3n) is 2.37. The van der Waals surface area contributed by atoms with E-state index in [1.54, 1.807) is 6.07 Å². The molecule has 82 valence electrons. The predicted octanol–water partition coefficient (Wildman–Crippen LogP) is 2.22. The maximum Gasteiger partial charge on any atom is 0.221 e. The van der Waals surface area contributed by atoms with Crippen molar-refractivity contribution >= 4 is 28.4 Å². The van der Waals surface area contributed by atoms with Gasteiger partial charge >= 0.3 is 0 Å². The number of pyridine rings is 1. The van der Waals surface area contributed by atoms with Crippen molar-refractivity contribution in [2.45, 2.75) is 13.3 Å². The third kappa shape index (κ3) is 1.99. The number of halogens is 1. The number of amides is 1. The molecule has 0 radical (unpaired) electrons. The van der Waals surface area contributed by atoms with Gasteiger partial charge in [-0.2, -0.15) is 0 Å². The molecule has 0 aliphatic carbocycles. The number of nitrogens with zero attached hydrogens (tertiary/aromatic N) is 1. The van der Waals surface area contributed by atoms with Crippen LogP contribution in [0.15, 0.2) is 24.3 Å². The second-order valence-corrected chi connectivity index (χ2v) is 4.11. The Morgan fingerprint density at radius 1 is 1.50 bits per heavy atom. The summed E-state index contributed by atoms with van der Waals surface area (Å²) in [5, 5.41) is 1.48. The quantitative estimate of drug-likeness (QED) is 0.866. The number of carbonyl (C=O) groups is 1. The molecule has 1 heterocycles. The molecular formula is C12H11ClN2O. The highest BCUT2D eigenvalue weighted by Crippen LogP contribution is 2.25. The summed E-state index contributed by atoms with van der Waals surface area (Å²) in [6, 6.07) is 7.38. The summed E-state index contributed by atoms with van der Waals surface area (Å²) in [5.74, 6) is -0.355. The minimum Gasteiger partial charge on any atom is -0.369 e. The Hall–Kier alpha value is -1.61. The lowest BCUT2D eigenvalue weighted by molar-refractivity contribution is -0.117. The summed E-state index contributed by atoms with van der Waals surface area (Å²) >= 11 is 6.06. The molecule has 1 aromatic carbocycles. The number of aryl methyl sites for hydroxylation is 1. The average Bonchev–Trinajstić information content (AvgIpc) is 2.18. The van der Waals surface area contributed by atoms with E-state index in [2.05, 4.69) is 4.98 Å². The van der Waals surface area contributed by atoms with Gasteiger partial charge in [0, 0.05) is 11.1 Å². The van der Waals surface area contributed by atoms with Gasteiger partial charge < -0.3 is 5.73 Å². The molecule has 0 saturated carbocycles. The van der Waals surface area contributed by atoms with Crippen LogP contribution in [0.4, 0.5) is 0 Å². The Morgan fingerprint density at radius 3 is 2.94 bits per heavy atom. The Labute approximate surface area is 98.2 Å². The van der Waals surface area contributed by atoms with Crippen molar-refractivity contribution in [3.8, 4) is 0 Å². The Bertz CT molecular complexity index is 566. The molecule has 0 spiro atoms. The van der Waals surface area contributed by atoms with Crippen LogP contribution >= 0.6 is 11.6 Å². The number of para-hydroxylation sites is 1. The summed E-state index contributed by atoms with van der Waals surface area (Å²) in [6.07, 6.45) is 0.209. The van der Waals surface area contributed by atoms with Gasteiger partial charge in [-0.1, -0.05) is 23.7 Å². The summed E-state index contributed by atoms with van der Waals surface area (Å²) in [7, 11) is 0. The topological polar surface area (TPSA) is 56.0 Å². The van der Waals surface area contributed by atoms with Crippen LogP contribution in [0.5, 0.6) is 0 Å². The Balaban J connectivity index is 2.72. The fraction of sp³-hybridized carbons (Fsp3) is 0.167. The normalized spacial score (nSPS) is 10.6. The van der Waals surface area contributed by atoms with Crippen LogP contribution < -0.4 is 5.73 Å². The summed E-state index contributed by atoms with van der Waals surface area (Å²) < 4.78 is 0. The smallest absolute Gasteiger partial charge is 0.221 e. The number of fused-ring (bicyclic) bond motifs is 1. The van der Waals surface area contributed by atoms with Gasteiger partial charge in [0.2, 0.25) is 5.91 Å². The van der Waals surface area contributed by atoms with Crippen LogP contribution in [0.25, 0.3) is 10.9 Å². The second-order valence-electron chi connectivity index (χ2n) is 3.70. The predicted molar refractivity (Wildman–Crippen MR) is 64.4 cm³/mol. The molecule has 1 aromatic heterocycles. The van der Waals surface area contributed by atoms with Crippen molar-refractivity contribution in [2.75, 3.05) is 0 Å². The summed E-state index contributed by atoms with van der Waals surface area (Å²) in [4.78, 5) is 15.3. The van der Waals surface area contributed by atoms with Crippen LogP contribution in [0.1, 0.15) is 11.3 Å². The van der Waals surface area contributed by atoms with E-state index in [1.165, 1.54) is 0 Å². The monoisotopic (exact) mass is 234 g/mol. The molecular weight excluding hydrogens is 224 g/mol. The first-order chi connectivity index (χ1) is 7.58. The number of hydrogen-bond acceptors (Lipinski definition) is 2. The molecule has 16 heavy (non-hydrogen) atoms. The Kier molecular flexibility index (Phi) is 2.79. The van der Waals surface area contributed by atoms with Crippen LogP contribution in [0.2, 0.25) is 5.02 Å². The zero-order valence-electron chi connectivity index (χ0n) is 8.83. The van der Waals surface area contributed by atoms with E-state index < -0.39 is 0 Å². The van der Waals surface area contributed by atoms with Crippen LogP contribution in [0, 0.1) is 6.92 Å². The van der Waals surface area contributed by atoms with Crippen LogP contribution in [-0.2, 0) is 11.2 Å². The first-order valence-electron chi connectivity index (χ1n) is 4.91. The number of rotatable bonds is 2. The van der Waals surface area contributed by atoms with Gasteiger partial charge in [-0.25, -0.2) is 0 Å². The second kappa shape index (κ2) is 4.10. The van der Waals surface area contributed by atoms with Crippen molar-refractivity contribution in [3.05, 3.63) is 40.5 Å². The van der Waals surface area contributed by atoms with Gasteiger partial charge in [-0.05, 0) is 24.6 Å². The van der Waals surface area contributed by atoms with Crippen molar-refractivity contribution < 1.29 is 4.79 Å². The van der Waals surface area contributed by atoms with E-state index in [4.69, 9.17) is 17.3 Å². The lowest BCUT2D eigenvalue weighted by Gasteiger charge is -2.07. The van der Waals surface area contributed by atoms with Gasteiger partial charge in [0.1, 0.15) is 0 Å². The molecule has 0 fully saturated rings. The van der Waals surface area contributed by atoms with Crippen molar-refractivity contribution in [1.82, 2.24) is 4.98 Å². The molecule has 4 heteroatoms. The molecule has 0 aliphatic heterocycles. The van der Waals surface area contributed by atoms with E-state index in [-0.39, 0.29) is 12.3 Å². The molecule has 0 aliphatic rings. The van der Waals surface area contributed by atoms with E-state index in [0.717, 1.165) is 22.2 Å². The number of hydrogen-bond donors (Lipinski definition) is 1. The average molecular weight is 235 g/mol. The maximum absolute atomic E-state index is 11.0. The van der Waals surface area contributed by atoms with E-state index in [0.29, 0.717) is 5.02 Å². The van der Waals surface area contributed by atoms with E-state index >= 15 is 0 Å².